The first kappa shape index (κ1) is 23.6. The molecule has 1 amide bonds. The Bertz CT molecular complexity index is 870. The number of phenols is 1. The molecule has 1 aliphatic heterocycles. The van der Waals surface area contributed by atoms with Crippen molar-refractivity contribution in [2.45, 2.75) is 45.3 Å². The molecule has 1 aliphatic rings. The lowest BCUT2D eigenvalue weighted by atomic mass is 9.97. The summed E-state index contributed by atoms with van der Waals surface area (Å²) in [5.41, 5.74) is 1.88. The van der Waals surface area contributed by atoms with Crippen LogP contribution in [0.15, 0.2) is 59.6 Å². The van der Waals surface area contributed by atoms with Gasteiger partial charge in [-0.2, -0.15) is 0 Å². The van der Waals surface area contributed by atoms with Crippen LogP contribution in [0.5, 0.6) is 5.75 Å². The number of piperidine rings is 1. The zero-order chi connectivity index (χ0) is 22.8. The number of nitrogens with zero attached hydrogens (tertiary/aromatic N) is 2. The Hall–Kier alpha value is -3.06. The van der Waals surface area contributed by atoms with Crippen molar-refractivity contribution in [2.75, 3.05) is 26.2 Å². The molecule has 0 spiro atoms. The number of carbonyl (C=O) groups excluding carboxylic acids is 1. The first-order chi connectivity index (χ1) is 15.5. The number of amides is 1. The van der Waals surface area contributed by atoms with Gasteiger partial charge in [0.1, 0.15) is 5.75 Å². The molecule has 0 aliphatic carbocycles. The predicted molar refractivity (Wildman–Crippen MR) is 129 cm³/mol. The van der Waals surface area contributed by atoms with Crippen LogP contribution >= 0.6 is 0 Å². The Morgan fingerprint density at radius 2 is 1.88 bits per heavy atom. The van der Waals surface area contributed by atoms with Gasteiger partial charge in [-0.3, -0.25) is 14.7 Å². The lowest BCUT2D eigenvalue weighted by molar-refractivity contribution is 0.0954. The van der Waals surface area contributed by atoms with Gasteiger partial charge in [-0.05, 0) is 56.5 Å². The van der Waals surface area contributed by atoms with Crippen molar-refractivity contribution >= 4 is 11.9 Å². The SMILES string of the molecule is CCNC(=NCCNC(=O)c1ccc(O)cc1)NC1CCN(Cc2ccccc2)C(C)C1. The average Bonchev–Trinajstić information content (AvgIpc) is 2.79. The number of hydrogen-bond donors (Lipinski definition) is 4. The van der Waals surface area contributed by atoms with Gasteiger partial charge < -0.3 is 21.1 Å². The summed E-state index contributed by atoms with van der Waals surface area (Å²) in [6, 6.07) is 17.7. The molecule has 0 bridgehead atoms. The second kappa shape index (κ2) is 12.1. The number of aromatic hydroxyl groups is 1. The highest BCUT2D eigenvalue weighted by molar-refractivity contribution is 5.94. The summed E-state index contributed by atoms with van der Waals surface area (Å²) in [6.07, 6.45) is 2.13. The highest BCUT2D eigenvalue weighted by Gasteiger charge is 2.25. The molecule has 2 unspecified atom stereocenters. The fourth-order valence-electron chi connectivity index (χ4n) is 3.97. The average molecular weight is 438 g/mol. The zero-order valence-electron chi connectivity index (χ0n) is 19.1. The topological polar surface area (TPSA) is 89.0 Å². The van der Waals surface area contributed by atoms with E-state index in [1.807, 2.05) is 0 Å². The number of hydrogen-bond acceptors (Lipinski definition) is 4. The highest BCUT2D eigenvalue weighted by atomic mass is 16.3. The standard InChI is InChI=1S/C25H35N5O2/c1-3-26-25(28-15-14-27-24(32)21-9-11-23(31)12-10-21)29-22-13-16-30(19(2)17-22)18-20-7-5-4-6-8-20/h4-12,19,22,31H,3,13-18H2,1-2H3,(H,27,32)(H2,26,28,29). The van der Waals surface area contributed by atoms with Crippen molar-refractivity contribution in [1.29, 1.82) is 0 Å². The van der Waals surface area contributed by atoms with Crippen LogP contribution in [-0.2, 0) is 6.54 Å². The maximum atomic E-state index is 12.2. The Morgan fingerprint density at radius 1 is 1.12 bits per heavy atom. The predicted octanol–water partition coefficient (Wildman–Crippen LogP) is 2.73. The zero-order valence-corrected chi connectivity index (χ0v) is 19.1. The number of phenolic OH excluding ortho intramolecular Hbond substituents is 1. The van der Waals surface area contributed by atoms with Crippen LogP contribution in [0.1, 0.15) is 42.6 Å². The molecule has 3 rings (SSSR count). The first-order valence-corrected chi connectivity index (χ1v) is 11.4. The second-order valence-electron chi connectivity index (χ2n) is 8.23. The minimum absolute atomic E-state index is 0.146. The normalized spacial score (nSPS) is 19.4. The van der Waals surface area contributed by atoms with E-state index < -0.39 is 0 Å². The molecule has 7 heteroatoms. The number of guanidine groups is 1. The van der Waals surface area contributed by atoms with Crippen molar-refractivity contribution in [1.82, 2.24) is 20.9 Å². The fourth-order valence-corrected chi connectivity index (χ4v) is 3.97. The molecular formula is C25H35N5O2. The van der Waals surface area contributed by atoms with Crippen LogP contribution in [0, 0.1) is 0 Å². The van der Waals surface area contributed by atoms with Crippen LogP contribution < -0.4 is 16.0 Å². The third-order valence-electron chi connectivity index (χ3n) is 5.72. The monoisotopic (exact) mass is 437 g/mol. The number of likely N-dealkylation sites (tertiary alicyclic amines) is 1. The molecule has 4 N–H and O–H groups in total. The molecule has 2 aromatic rings. The van der Waals surface area contributed by atoms with E-state index in [2.05, 4.69) is 70.0 Å². The third-order valence-corrected chi connectivity index (χ3v) is 5.72. The van der Waals surface area contributed by atoms with E-state index in [0.29, 0.717) is 30.7 Å². The molecule has 2 atom stereocenters. The summed E-state index contributed by atoms with van der Waals surface area (Å²) in [6.45, 7) is 8.10. The summed E-state index contributed by atoms with van der Waals surface area (Å²) >= 11 is 0. The molecule has 0 radical (unpaired) electrons. The van der Waals surface area contributed by atoms with Gasteiger partial charge in [0, 0.05) is 43.8 Å². The van der Waals surface area contributed by atoms with Gasteiger partial charge in [-0.15, -0.1) is 0 Å². The van der Waals surface area contributed by atoms with E-state index in [1.165, 1.54) is 17.7 Å². The molecule has 0 aromatic heterocycles. The Balaban J connectivity index is 1.44. The van der Waals surface area contributed by atoms with Crippen molar-refractivity contribution in [3.8, 4) is 5.75 Å². The summed E-state index contributed by atoms with van der Waals surface area (Å²) in [5, 5.41) is 19.1. The van der Waals surface area contributed by atoms with E-state index in [0.717, 1.165) is 38.4 Å². The number of nitrogens with one attached hydrogen (secondary N) is 3. The van der Waals surface area contributed by atoms with Gasteiger partial charge in [0.15, 0.2) is 5.96 Å². The molecule has 1 heterocycles. The third kappa shape index (κ3) is 7.27. The number of rotatable bonds is 8. The molecule has 32 heavy (non-hydrogen) atoms. The van der Waals surface area contributed by atoms with Crippen molar-refractivity contribution < 1.29 is 9.90 Å². The van der Waals surface area contributed by atoms with Gasteiger partial charge in [0.25, 0.3) is 5.91 Å². The van der Waals surface area contributed by atoms with Crippen LogP contribution in [0.4, 0.5) is 0 Å². The lowest BCUT2D eigenvalue weighted by Gasteiger charge is -2.38. The molecule has 7 nitrogen and oxygen atoms in total. The van der Waals surface area contributed by atoms with Gasteiger partial charge in [0.05, 0.1) is 6.54 Å². The number of carbonyl (C=O) groups is 1. The van der Waals surface area contributed by atoms with E-state index >= 15 is 0 Å². The Kier molecular flexibility index (Phi) is 8.92. The van der Waals surface area contributed by atoms with Crippen LogP contribution in [0.3, 0.4) is 0 Å². The van der Waals surface area contributed by atoms with E-state index in [1.54, 1.807) is 12.1 Å². The lowest BCUT2D eigenvalue weighted by Crippen LogP contribution is -2.51. The number of aliphatic imine (C=N–C) groups is 1. The van der Waals surface area contributed by atoms with Crippen molar-refractivity contribution in [3.05, 3.63) is 65.7 Å². The van der Waals surface area contributed by atoms with Crippen LogP contribution in [-0.4, -0.2) is 60.1 Å². The quantitative estimate of drug-likeness (QED) is 0.290. The van der Waals surface area contributed by atoms with E-state index in [-0.39, 0.29) is 11.7 Å². The first-order valence-electron chi connectivity index (χ1n) is 11.4. The van der Waals surface area contributed by atoms with Crippen LogP contribution in [0.25, 0.3) is 0 Å². The fraction of sp³-hybridized carbons (Fsp3) is 0.440. The molecule has 172 valence electrons. The molecule has 2 aromatic carbocycles. The Morgan fingerprint density at radius 3 is 2.56 bits per heavy atom. The Labute approximate surface area is 190 Å². The van der Waals surface area contributed by atoms with Crippen LogP contribution in [0.2, 0.25) is 0 Å². The minimum atomic E-state index is -0.169. The number of benzene rings is 2. The van der Waals surface area contributed by atoms with Crippen molar-refractivity contribution in [2.24, 2.45) is 4.99 Å². The summed E-state index contributed by atoms with van der Waals surface area (Å²) < 4.78 is 0. The van der Waals surface area contributed by atoms with Gasteiger partial charge in [0.2, 0.25) is 0 Å². The second-order valence-corrected chi connectivity index (χ2v) is 8.23. The van der Waals surface area contributed by atoms with Crippen molar-refractivity contribution in [3.63, 3.8) is 0 Å². The van der Waals surface area contributed by atoms with Gasteiger partial charge in [-0.25, -0.2) is 0 Å². The summed E-state index contributed by atoms with van der Waals surface area (Å²) in [7, 11) is 0. The molecule has 1 saturated heterocycles. The van der Waals surface area contributed by atoms with Gasteiger partial charge >= 0.3 is 0 Å². The summed E-state index contributed by atoms with van der Waals surface area (Å²) in [5.74, 6) is 0.769. The van der Waals surface area contributed by atoms with E-state index in [4.69, 9.17) is 0 Å². The highest BCUT2D eigenvalue weighted by Crippen LogP contribution is 2.20. The van der Waals surface area contributed by atoms with E-state index in [9.17, 15) is 9.90 Å². The maximum Gasteiger partial charge on any atom is 0.251 e. The molecule has 1 fully saturated rings. The largest absolute Gasteiger partial charge is 0.508 e. The maximum absolute atomic E-state index is 12.2. The summed E-state index contributed by atoms with van der Waals surface area (Å²) in [4.78, 5) is 19.3. The minimum Gasteiger partial charge on any atom is -0.508 e. The molecular weight excluding hydrogens is 402 g/mol. The smallest absolute Gasteiger partial charge is 0.251 e. The molecule has 0 saturated carbocycles. The van der Waals surface area contributed by atoms with Gasteiger partial charge in [-0.1, -0.05) is 30.3 Å².